The Morgan fingerprint density at radius 2 is 1.90 bits per heavy atom. The molecule has 5 N–H and O–H groups in total. The van der Waals surface area contributed by atoms with Gasteiger partial charge < -0.3 is 21.3 Å². The van der Waals surface area contributed by atoms with Gasteiger partial charge >= 0.3 is 11.9 Å². The van der Waals surface area contributed by atoms with Gasteiger partial charge in [-0.15, -0.1) is 0 Å². The van der Waals surface area contributed by atoms with Crippen molar-refractivity contribution in [3.63, 3.8) is 0 Å². The lowest BCUT2D eigenvalue weighted by Gasteiger charge is -2.02. The molecule has 20 heavy (non-hydrogen) atoms. The van der Waals surface area contributed by atoms with Crippen LogP contribution in [0.5, 0.6) is 0 Å². The Morgan fingerprint density at radius 1 is 1.35 bits per heavy atom. The minimum Gasteiger partial charge on any atom is -0.480 e. The van der Waals surface area contributed by atoms with Gasteiger partial charge in [0.25, 0.3) is 0 Å². The third kappa shape index (κ3) is 12.9. The smallest absolute Gasteiger partial charge is 0.322 e. The highest BCUT2D eigenvalue weighted by Crippen LogP contribution is 1.97. The van der Waals surface area contributed by atoms with Crippen molar-refractivity contribution in [2.24, 2.45) is 5.73 Å². The maximum absolute atomic E-state index is 10.8. The number of carbonyl (C=O) groups is 3. The number of carbonyl (C=O) groups excluding carboxylic acids is 1. The van der Waals surface area contributed by atoms with E-state index >= 15 is 0 Å². The standard InChI is InChI=1S/C7H11NO3.C5H11NO2S/c1-3-5(2)7(11)8-4-6(9)10;1-9-3-2-4(6)5(7)8/h3H,4H2,1-2H3,(H,8,11)(H,9,10);4H,2-3,6H2,1H3,(H,7,8)/b5-3+;. The highest BCUT2D eigenvalue weighted by molar-refractivity contribution is 7.98. The van der Waals surface area contributed by atoms with Crippen molar-refractivity contribution in [2.45, 2.75) is 26.3 Å². The normalized spacial score (nSPS) is 11.9. The summed E-state index contributed by atoms with van der Waals surface area (Å²) >= 11 is 1.60. The lowest BCUT2D eigenvalue weighted by Crippen LogP contribution is -2.30. The fourth-order valence-corrected chi connectivity index (χ4v) is 1.28. The summed E-state index contributed by atoms with van der Waals surface area (Å²) in [4.78, 5) is 30.9. The fourth-order valence-electron chi connectivity index (χ4n) is 0.795. The molecule has 0 radical (unpaired) electrons. The molecule has 7 nitrogen and oxygen atoms in total. The Bertz CT molecular complexity index is 358. The molecule has 1 amide bonds. The van der Waals surface area contributed by atoms with Crippen LogP contribution in [0.15, 0.2) is 11.6 Å². The molecule has 0 saturated carbocycles. The predicted molar refractivity (Wildman–Crippen MR) is 78.7 cm³/mol. The maximum atomic E-state index is 10.8. The number of hydrogen-bond acceptors (Lipinski definition) is 5. The maximum Gasteiger partial charge on any atom is 0.322 e. The van der Waals surface area contributed by atoms with Gasteiger partial charge in [0, 0.05) is 5.57 Å². The van der Waals surface area contributed by atoms with E-state index in [0.29, 0.717) is 12.0 Å². The van der Waals surface area contributed by atoms with Crippen LogP contribution < -0.4 is 11.1 Å². The Morgan fingerprint density at radius 3 is 2.25 bits per heavy atom. The molecule has 0 bridgehead atoms. The van der Waals surface area contributed by atoms with Crippen LogP contribution in [-0.2, 0) is 14.4 Å². The Balaban J connectivity index is 0. The zero-order chi connectivity index (χ0) is 16.1. The molecule has 0 aromatic rings. The number of nitrogens with two attached hydrogens (primary N) is 1. The summed E-state index contributed by atoms with van der Waals surface area (Å²) in [5, 5.41) is 18.7. The van der Waals surface area contributed by atoms with Crippen molar-refractivity contribution in [1.82, 2.24) is 5.32 Å². The molecular formula is C12H22N2O5S. The third-order valence-electron chi connectivity index (χ3n) is 2.14. The minimum absolute atomic E-state index is 0.329. The van der Waals surface area contributed by atoms with Crippen LogP contribution in [0.4, 0.5) is 0 Å². The lowest BCUT2D eigenvalue weighted by atomic mass is 10.2. The Kier molecular flexibility index (Phi) is 13.0. The molecule has 0 aliphatic rings. The lowest BCUT2D eigenvalue weighted by molar-refractivity contribution is -0.138. The monoisotopic (exact) mass is 306 g/mol. The molecule has 0 aromatic carbocycles. The molecule has 0 aromatic heterocycles. The molecule has 0 fully saturated rings. The summed E-state index contributed by atoms with van der Waals surface area (Å²) in [5.41, 5.74) is 5.71. The number of allylic oxidation sites excluding steroid dienone is 1. The van der Waals surface area contributed by atoms with Crippen LogP contribution in [0, 0.1) is 0 Å². The number of aliphatic carboxylic acids is 2. The Hall–Kier alpha value is -1.54. The van der Waals surface area contributed by atoms with Gasteiger partial charge in [-0.05, 0) is 32.3 Å². The van der Waals surface area contributed by atoms with E-state index in [9.17, 15) is 14.4 Å². The van der Waals surface area contributed by atoms with Crippen molar-refractivity contribution in [3.8, 4) is 0 Å². The van der Waals surface area contributed by atoms with Crippen LogP contribution in [-0.4, -0.2) is 52.7 Å². The number of nitrogens with one attached hydrogen (secondary N) is 1. The van der Waals surface area contributed by atoms with Crippen LogP contribution in [0.2, 0.25) is 0 Å². The highest BCUT2D eigenvalue weighted by Gasteiger charge is 2.09. The fraction of sp³-hybridized carbons (Fsp3) is 0.583. The summed E-state index contributed by atoms with van der Waals surface area (Å²) in [6, 6.07) is -0.683. The second-order valence-corrected chi connectivity index (χ2v) is 4.76. The van der Waals surface area contributed by atoms with Gasteiger partial charge in [0.1, 0.15) is 12.6 Å². The van der Waals surface area contributed by atoms with Gasteiger partial charge in [-0.25, -0.2) is 0 Å². The first-order valence-corrected chi connectivity index (χ1v) is 7.25. The van der Waals surface area contributed by atoms with Crippen LogP contribution >= 0.6 is 11.8 Å². The first-order valence-electron chi connectivity index (χ1n) is 5.86. The number of rotatable bonds is 7. The molecule has 0 aliphatic carbocycles. The zero-order valence-corrected chi connectivity index (χ0v) is 12.7. The van der Waals surface area contributed by atoms with Gasteiger partial charge in [0.15, 0.2) is 0 Å². The summed E-state index contributed by atoms with van der Waals surface area (Å²) < 4.78 is 0. The second kappa shape index (κ2) is 12.5. The molecule has 0 spiro atoms. The van der Waals surface area contributed by atoms with Crippen LogP contribution in [0.1, 0.15) is 20.3 Å². The number of hydrogen-bond donors (Lipinski definition) is 4. The molecule has 0 saturated heterocycles. The van der Waals surface area contributed by atoms with Crippen molar-refractivity contribution in [3.05, 3.63) is 11.6 Å². The van der Waals surface area contributed by atoms with Gasteiger partial charge in [-0.1, -0.05) is 6.08 Å². The molecule has 116 valence electrons. The first-order chi connectivity index (χ1) is 9.26. The average molecular weight is 306 g/mol. The van der Waals surface area contributed by atoms with Gasteiger partial charge in [-0.3, -0.25) is 14.4 Å². The quantitative estimate of drug-likeness (QED) is 0.498. The van der Waals surface area contributed by atoms with E-state index in [4.69, 9.17) is 15.9 Å². The first kappa shape index (κ1) is 20.8. The van der Waals surface area contributed by atoms with Crippen LogP contribution in [0.25, 0.3) is 0 Å². The van der Waals surface area contributed by atoms with Crippen molar-refractivity contribution in [2.75, 3.05) is 18.6 Å². The van der Waals surface area contributed by atoms with E-state index in [1.165, 1.54) is 0 Å². The third-order valence-corrected chi connectivity index (χ3v) is 2.79. The van der Waals surface area contributed by atoms with Crippen LogP contribution in [0.3, 0.4) is 0 Å². The second-order valence-electron chi connectivity index (χ2n) is 3.77. The number of amides is 1. The molecule has 1 unspecified atom stereocenters. The summed E-state index contributed by atoms with van der Waals surface area (Å²) in [6.07, 6.45) is 4.10. The highest BCUT2D eigenvalue weighted by atomic mass is 32.2. The van der Waals surface area contributed by atoms with E-state index in [0.717, 1.165) is 5.75 Å². The number of carboxylic acid groups (broad SMARTS) is 2. The molecule has 0 heterocycles. The van der Waals surface area contributed by atoms with Crippen molar-refractivity contribution < 1.29 is 24.6 Å². The summed E-state index contributed by atoms with van der Waals surface area (Å²) in [7, 11) is 0. The van der Waals surface area contributed by atoms with Gasteiger partial charge in [0.05, 0.1) is 0 Å². The zero-order valence-electron chi connectivity index (χ0n) is 11.9. The molecule has 0 aliphatic heterocycles. The number of thioether (sulfide) groups is 1. The Labute approximate surface area is 122 Å². The summed E-state index contributed by atoms with van der Waals surface area (Å²) in [5.74, 6) is -1.48. The number of carboxylic acids is 2. The SMILES string of the molecule is C/C=C(\C)C(=O)NCC(=O)O.CSCCC(N)C(=O)O. The van der Waals surface area contributed by atoms with E-state index in [2.05, 4.69) is 5.32 Å². The largest absolute Gasteiger partial charge is 0.480 e. The van der Waals surface area contributed by atoms with E-state index in [-0.39, 0.29) is 12.5 Å². The van der Waals surface area contributed by atoms with E-state index < -0.39 is 18.0 Å². The van der Waals surface area contributed by atoms with Gasteiger partial charge in [-0.2, -0.15) is 11.8 Å². The predicted octanol–water partition coefficient (Wildman–Crippen LogP) is 0.305. The molecule has 1 atom stereocenters. The summed E-state index contributed by atoms with van der Waals surface area (Å²) in [6.45, 7) is 3.01. The van der Waals surface area contributed by atoms with Crippen molar-refractivity contribution in [1.29, 1.82) is 0 Å². The van der Waals surface area contributed by atoms with E-state index in [1.807, 2.05) is 6.26 Å². The molecule has 8 heteroatoms. The minimum atomic E-state index is -1.04. The van der Waals surface area contributed by atoms with E-state index in [1.54, 1.807) is 31.7 Å². The van der Waals surface area contributed by atoms with Crippen molar-refractivity contribution >= 4 is 29.6 Å². The average Bonchev–Trinajstić information content (AvgIpc) is 2.41. The van der Waals surface area contributed by atoms with Gasteiger partial charge in [0.2, 0.25) is 5.91 Å². The molecule has 0 rings (SSSR count). The molecular weight excluding hydrogens is 284 g/mol. The topological polar surface area (TPSA) is 130 Å².